The van der Waals surface area contributed by atoms with Crippen molar-refractivity contribution in [2.75, 3.05) is 0 Å². The number of aliphatic carboxylic acids is 1. The van der Waals surface area contributed by atoms with Crippen molar-refractivity contribution in [3.63, 3.8) is 0 Å². The van der Waals surface area contributed by atoms with E-state index in [0.29, 0.717) is 12.0 Å². The first kappa shape index (κ1) is 19.7. The zero-order valence-electron chi connectivity index (χ0n) is 14.5. The number of nitrogens with zero attached hydrogens (tertiary/aromatic N) is 2. The molecule has 0 radical (unpaired) electrons. The number of hydrogen-bond donors (Lipinski definition) is 1. The fourth-order valence-corrected chi connectivity index (χ4v) is 3.50. The number of ketones is 1. The number of benzene rings is 1. The van der Waals surface area contributed by atoms with Gasteiger partial charge >= 0.3 is 5.97 Å². The Balaban J connectivity index is 2.43. The summed E-state index contributed by atoms with van der Waals surface area (Å²) in [5.74, 6) is -3.73. The van der Waals surface area contributed by atoms with Gasteiger partial charge in [0.2, 0.25) is 5.91 Å². The number of hydrazine groups is 1. The van der Waals surface area contributed by atoms with E-state index in [1.807, 2.05) is 6.92 Å². The van der Waals surface area contributed by atoms with Gasteiger partial charge in [0.1, 0.15) is 6.04 Å². The second-order valence-electron chi connectivity index (χ2n) is 5.74. The van der Waals surface area contributed by atoms with E-state index in [4.69, 9.17) is 0 Å². The Morgan fingerprint density at radius 2 is 1.92 bits per heavy atom. The first-order valence-electron chi connectivity index (χ1n) is 8.12. The van der Waals surface area contributed by atoms with Crippen molar-refractivity contribution in [3.05, 3.63) is 47.5 Å². The Bertz CT molecular complexity index is 734. The van der Waals surface area contributed by atoms with E-state index in [1.165, 1.54) is 24.9 Å². The summed E-state index contributed by atoms with van der Waals surface area (Å²) in [6.07, 6.45) is 1.94. The fraction of sp³-hybridized carbons (Fsp3) is 0.333. The first-order chi connectivity index (χ1) is 12.4. The number of carboxylic acids is 1. The molecule has 1 heterocycles. The highest BCUT2D eigenvalue weighted by atomic mass is 32.2. The monoisotopic (exact) mass is 376 g/mol. The molecule has 1 aromatic rings. The van der Waals surface area contributed by atoms with Crippen LogP contribution in [0, 0.1) is 0 Å². The molecule has 0 saturated carbocycles. The van der Waals surface area contributed by atoms with Crippen LogP contribution in [0.25, 0.3) is 0 Å². The van der Waals surface area contributed by atoms with Crippen molar-refractivity contribution >= 4 is 35.3 Å². The van der Waals surface area contributed by atoms with Gasteiger partial charge in [-0.25, -0.2) is 14.8 Å². The lowest BCUT2D eigenvalue weighted by atomic mass is 10.0. The first-order valence-corrected chi connectivity index (χ1v) is 9.07. The summed E-state index contributed by atoms with van der Waals surface area (Å²) < 4.78 is 0. The minimum atomic E-state index is -1.65. The largest absolute Gasteiger partial charge is 0.475 e. The van der Waals surface area contributed by atoms with E-state index in [-0.39, 0.29) is 17.6 Å². The number of Topliss-reactive ketones (excluding diaryl/α,β-unsaturated/α-hetero) is 1. The van der Waals surface area contributed by atoms with Crippen molar-refractivity contribution in [3.8, 4) is 0 Å². The molecule has 0 fully saturated rings. The second-order valence-corrected chi connectivity index (χ2v) is 6.85. The highest BCUT2D eigenvalue weighted by molar-refractivity contribution is 8.03. The SMILES string of the molecule is CCC1SC=CN(N(C(C)=O)[C@@H](Cc2ccccc2)C(=O)C(=O)O)C1=O. The fourth-order valence-electron chi connectivity index (χ4n) is 2.71. The average Bonchev–Trinajstić information content (AvgIpc) is 2.62. The molecule has 1 unspecified atom stereocenters. The van der Waals surface area contributed by atoms with Gasteiger partial charge in [-0.1, -0.05) is 37.3 Å². The van der Waals surface area contributed by atoms with Crippen molar-refractivity contribution in [2.24, 2.45) is 0 Å². The van der Waals surface area contributed by atoms with Crippen LogP contribution in [0.15, 0.2) is 41.9 Å². The summed E-state index contributed by atoms with van der Waals surface area (Å²) in [7, 11) is 0. The third-order valence-electron chi connectivity index (χ3n) is 3.95. The van der Waals surface area contributed by atoms with Crippen LogP contribution in [0.2, 0.25) is 0 Å². The molecule has 2 amide bonds. The maximum Gasteiger partial charge on any atom is 0.374 e. The lowest BCUT2D eigenvalue weighted by molar-refractivity contribution is -0.167. The Morgan fingerprint density at radius 1 is 1.27 bits per heavy atom. The molecule has 0 saturated heterocycles. The third kappa shape index (κ3) is 4.32. The standard InChI is InChI=1S/C18H20N2O5S/c1-3-15-17(23)19(9-10-26-15)20(12(2)21)14(16(22)18(24)25)11-13-7-5-4-6-8-13/h4-10,14-15H,3,11H2,1-2H3,(H,24,25)/t14-,15?/m0/s1. The molecular weight excluding hydrogens is 356 g/mol. The summed E-state index contributed by atoms with van der Waals surface area (Å²) in [5.41, 5.74) is 0.688. The van der Waals surface area contributed by atoms with Gasteiger partial charge in [-0.2, -0.15) is 0 Å². The lowest BCUT2D eigenvalue weighted by Crippen LogP contribution is -2.58. The van der Waals surface area contributed by atoms with Crippen molar-refractivity contribution in [2.45, 2.75) is 38.0 Å². The average molecular weight is 376 g/mol. The topological polar surface area (TPSA) is 95.0 Å². The Labute approximate surface area is 155 Å². The van der Waals surface area contributed by atoms with E-state index in [0.717, 1.165) is 10.0 Å². The van der Waals surface area contributed by atoms with Gasteiger partial charge < -0.3 is 5.11 Å². The van der Waals surface area contributed by atoms with E-state index in [1.54, 1.807) is 35.7 Å². The van der Waals surface area contributed by atoms with Gasteiger partial charge in [0, 0.05) is 19.5 Å². The minimum Gasteiger partial charge on any atom is -0.475 e. The van der Waals surface area contributed by atoms with Crippen LogP contribution in [0.1, 0.15) is 25.8 Å². The minimum absolute atomic E-state index is 0.00684. The molecule has 0 aliphatic carbocycles. The zero-order valence-corrected chi connectivity index (χ0v) is 15.3. The molecule has 138 valence electrons. The highest BCUT2D eigenvalue weighted by Crippen LogP contribution is 2.26. The summed E-state index contributed by atoms with van der Waals surface area (Å²) in [6.45, 7) is 3.05. The Kier molecular flexibility index (Phi) is 6.57. The van der Waals surface area contributed by atoms with Gasteiger partial charge in [0.05, 0.1) is 5.25 Å². The van der Waals surface area contributed by atoms with E-state index in [9.17, 15) is 24.3 Å². The molecule has 1 N–H and O–H groups in total. The number of amides is 2. The quantitative estimate of drug-likeness (QED) is 0.730. The summed E-state index contributed by atoms with van der Waals surface area (Å²) in [6, 6.07) is 7.46. The maximum atomic E-state index is 12.7. The number of thioether (sulfide) groups is 1. The molecule has 0 spiro atoms. The molecule has 2 rings (SSSR count). The van der Waals surface area contributed by atoms with Crippen LogP contribution in [0.5, 0.6) is 0 Å². The Morgan fingerprint density at radius 3 is 2.46 bits per heavy atom. The predicted molar refractivity (Wildman–Crippen MR) is 96.8 cm³/mol. The number of carbonyl (C=O) groups excluding carboxylic acids is 3. The maximum absolute atomic E-state index is 12.7. The van der Waals surface area contributed by atoms with Gasteiger partial charge in [-0.3, -0.25) is 14.4 Å². The molecule has 8 heteroatoms. The number of carbonyl (C=O) groups is 4. The summed E-state index contributed by atoms with van der Waals surface area (Å²) in [4.78, 5) is 48.6. The predicted octanol–water partition coefficient (Wildman–Crippen LogP) is 1.84. The molecule has 2 atom stereocenters. The van der Waals surface area contributed by atoms with E-state index in [2.05, 4.69) is 0 Å². The van der Waals surface area contributed by atoms with Crippen LogP contribution in [0.4, 0.5) is 0 Å². The van der Waals surface area contributed by atoms with Crippen molar-refractivity contribution in [1.29, 1.82) is 0 Å². The van der Waals surface area contributed by atoms with Gasteiger partial charge in [0.25, 0.3) is 11.7 Å². The van der Waals surface area contributed by atoms with Gasteiger partial charge in [0.15, 0.2) is 0 Å². The summed E-state index contributed by atoms with van der Waals surface area (Å²) >= 11 is 1.32. The molecule has 1 aliphatic heterocycles. The third-order valence-corrected chi connectivity index (χ3v) is 5.09. The molecule has 7 nitrogen and oxygen atoms in total. The van der Waals surface area contributed by atoms with Crippen LogP contribution in [-0.2, 0) is 25.6 Å². The number of carboxylic acid groups (broad SMARTS) is 1. The van der Waals surface area contributed by atoms with E-state index < -0.39 is 23.7 Å². The van der Waals surface area contributed by atoms with E-state index >= 15 is 0 Å². The molecular formula is C18H20N2O5S. The zero-order chi connectivity index (χ0) is 19.3. The second kappa shape index (κ2) is 8.66. The molecule has 0 aromatic heterocycles. The molecule has 1 aromatic carbocycles. The smallest absolute Gasteiger partial charge is 0.374 e. The van der Waals surface area contributed by atoms with Gasteiger partial charge in [-0.05, 0) is 17.4 Å². The van der Waals surface area contributed by atoms with Crippen molar-refractivity contribution in [1.82, 2.24) is 10.0 Å². The summed E-state index contributed by atoms with van der Waals surface area (Å²) in [5, 5.41) is 12.5. The molecule has 26 heavy (non-hydrogen) atoms. The van der Waals surface area contributed by atoms with Crippen LogP contribution in [-0.4, -0.2) is 50.0 Å². The molecule has 0 bridgehead atoms. The highest BCUT2D eigenvalue weighted by Gasteiger charge is 2.39. The lowest BCUT2D eigenvalue weighted by Gasteiger charge is -2.39. The van der Waals surface area contributed by atoms with Crippen molar-refractivity contribution < 1.29 is 24.3 Å². The normalized spacial score (nSPS) is 17.7. The van der Waals surface area contributed by atoms with Crippen LogP contribution < -0.4 is 0 Å². The number of rotatable bonds is 7. The number of hydrogen-bond acceptors (Lipinski definition) is 5. The Hall–Kier alpha value is -2.61. The van der Waals surface area contributed by atoms with Crippen LogP contribution in [0.3, 0.4) is 0 Å². The van der Waals surface area contributed by atoms with Gasteiger partial charge in [-0.15, -0.1) is 11.8 Å². The van der Waals surface area contributed by atoms with Crippen LogP contribution >= 0.6 is 11.8 Å². The molecule has 1 aliphatic rings.